The van der Waals surface area contributed by atoms with Gasteiger partial charge in [-0.1, -0.05) is 72.0 Å². The van der Waals surface area contributed by atoms with Crippen LogP contribution < -0.4 is 5.32 Å². The van der Waals surface area contributed by atoms with E-state index in [0.29, 0.717) is 15.7 Å². The molecule has 7 nitrogen and oxygen atoms in total. The highest BCUT2D eigenvalue weighted by Crippen LogP contribution is 2.28. The van der Waals surface area contributed by atoms with Crippen LogP contribution in [-0.4, -0.2) is 32.8 Å². The Morgan fingerprint density at radius 3 is 2.28 bits per heavy atom. The van der Waals surface area contributed by atoms with Crippen LogP contribution >= 0.6 is 11.3 Å². The van der Waals surface area contributed by atoms with Gasteiger partial charge in [-0.05, 0) is 23.8 Å². The number of anilines is 1. The predicted molar refractivity (Wildman–Crippen MR) is 120 cm³/mol. The van der Waals surface area contributed by atoms with Gasteiger partial charge < -0.3 is 0 Å². The van der Waals surface area contributed by atoms with Crippen molar-refractivity contribution >= 4 is 34.2 Å². The summed E-state index contributed by atoms with van der Waals surface area (Å²) in [6.45, 7) is 0.182. The number of nitrogens with one attached hydrogen (secondary N) is 1. The van der Waals surface area contributed by atoms with E-state index < -0.39 is 11.8 Å². The van der Waals surface area contributed by atoms with E-state index in [1.807, 2.05) is 60.7 Å². The SMILES string of the molecule is O=C(Nc1nnc(-c2ccccc2)s1)c1ccc2c(c1)C(=O)N(Cc1ccccc1)C2=O. The van der Waals surface area contributed by atoms with Crippen LogP contribution in [0.3, 0.4) is 0 Å². The average molecular weight is 440 g/mol. The first-order valence-corrected chi connectivity index (χ1v) is 10.7. The van der Waals surface area contributed by atoms with Gasteiger partial charge in [0.25, 0.3) is 17.7 Å². The van der Waals surface area contributed by atoms with Crippen LogP contribution in [0.1, 0.15) is 36.6 Å². The van der Waals surface area contributed by atoms with Crippen molar-refractivity contribution in [3.63, 3.8) is 0 Å². The molecule has 3 aromatic carbocycles. The molecule has 5 rings (SSSR count). The molecule has 2 heterocycles. The summed E-state index contributed by atoms with van der Waals surface area (Å²) in [6, 6.07) is 23.3. The number of aromatic nitrogens is 2. The van der Waals surface area contributed by atoms with Crippen molar-refractivity contribution < 1.29 is 14.4 Å². The van der Waals surface area contributed by atoms with Gasteiger partial charge in [0.05, 0.1) is 17.7 Å². The Morgan fingerprint density at radius 1 is 0.844 bits per heavy atom. The molecule has 1 N–H and O–H groups in total. The largest absolute Gasteiger partial charge is 0.296 e. The topological polar surface area (TPSA) is 92.3 Å². The second-order valence-corrected chi connectivity index (χ2v) is 8.15. The lowest BCUT2D eigenvalue weighted by molar-refractivity contribution is 0.0642. The molecule has 8 heteroatoms. The van der Waals surface area contributed by atoms with Crippen molar-refractivity contribution in [2.24, 2.45) is 0 Å². The highest BCUT2D eigenvalue weighted by Gasteiger charge is 2.36. The molecule has 0 fully saturated rings. The number of carbonyl (C=O) groups excluding carboxylic acids is 3. The zero-order valence-electron chi connectivity index (χ0n) is 16.7. The van der Waals surface area contributed by atoms with Crippen molar-refractivity contribution in [2.75, 3.05) is 5.32 Å². The standard InChI is InChI=1S/C24H16N4O3S/c29-20(25-24-27-26-21(32-24)16-9-5-2-6-10-16)17-11-12-18-19(13-17)23(31)28(22(18)30)14-15-7-3-1-4-8-15/h1-13H,14H2,(H,25,27,29). The molecule has 0 aliphatic carbocycles. The Morgan fingerprint density at radius 2 is 1.53 bits per heavy atom. The molecule has 4 aromatic rings. The van der Waals surface area contributed by atoms with E-state index in [2.05, 4.69) is 15.5 Å². The molecule has 0 radical (unpaired) electrons. The quantitative estimate of drug-likeness (QED) is 0.468. The minimum Gasteiger partial charge on any atom is -0.296 e. The zero-order chi connectivity index (χ0) is 22.1. The second kappa shape index (κ2) is 8.16. The molecule has 0 bridgehead atoms. The molecule has 0 spiro atoms. The molecule has 1 aromatic heterocycles. The number of rotatable bonds is 5. The molecule has 32 heavy (non-hydrogen) atoms. The van der Waals surface area contributed by atoms with Crippen LogP contribution in [0.5, 0.6) is 0 Å². The first kappa shape index (κ1) is 19.8. The maximum atomic E-state index is 12.9. The van der Waals surface area contributed by atoms with Gasteiger partial charge in [-0.3, -0.25) is 24.6 Å². The summed E-state index contributed by atoms with van der Waals surface area (Å²) in [5, 5.41) is 11.9. The van der Waals surface area contributed by atoms with Crippen LogP contribution in [0.2, 0.25) is 0 Å². The number of imide groups is 1. The van der Waals surface area contributed by atoms with Gasteiger partial charge in [0.1, 0.15) is 5.01 Å². The Balaban J connectivity index is 1.34. The average Bonchev–Trinajstić information content (AvgIpc) is 3.39. The summed E-state index contributed by atoms with van der Waals surface area (Å²) in [5.41, 5.74) is 2.55. The van der Waals surface area contributed by atoms with Gasteiger partial charge in [0.15, 0.2) is 0 Å². The van der Waals surface area contributed by atoms with Gasteiger partial charge in [-0.2, -0.15) is 0 Å². The van der Waals surface area contributed by atoms with Gasteiger partial charge in [0, 0.05) is 11.1 Å². The summed E-state index contributed by atoms with van der Waals surface area (Å²) in [7, 11) is 0. The van der Waals surface area contributed by atoms with Crippen LogP contribution in [0, 0.1) is 0 Å². The lowest BCUT2D eigenvalue weighted by Crippen LogP contribution is -2.29. The number of benzene rings is 3. The van der Waals surface area contributed by atoms with E-state index in [0.717, 1.165) is 11.1 Å². The molecule has 0 saturated carbocycles. The Labute approximate surface area is 187 Å². The zero-order valence-corrected chi connectivity index (χ0v) is 17.5. The van der Waals surface area contributed by atoms with Crippen LogP contribution in [0.25, 0.3) is 10.6 Å². The minimum atomic E-state index is -0.426. The molecule has 0 unspecified atom stereocenters. The van der Waals surface area contributed by atoms with E-state index >= 15 is 0 Å². The van der Waals surface area contributed by atoms with Gasteiger partial charge >= 0.3 is 0 Å². The van der Waals surface area contributed by atoms with E-state index in [4.69, 9.17) is 0 Å². The van der Waals surface area contributed by atoms with Crippen molar-refractivity contribution in [1.82, 2.24) is 15.1 Å². The van der Waals surface area contributed by atoms with Crippen LogP contribution in [-0.2, 0) is 6.54 Å². The number of hydrogen-bond donors (Lipinski definition) is 1. The van der Waals surface area contributed by atoms with Crippen LogP contribution in [0.4, 0.5) is 5.13 Å². The third-order valence-corrected chi connectivity index (χ3v) is 5.97. The molecule has 0 atom stereocenters. The number of carbonyl (C=O) groups is 3. The fraction of sp³-hybridized carbons (Fsp3) is 0.0417. The maximum Gasteiger partial charge on any atom is 0.261 e. The Kier molecular flexibility index (Phi) is 5.04. The molecular formula is C24H16N4O3S. The van der Waals surface area contributed by atoms with E-state index in [-0.39, 0.29) is 23.6 Å². The molecule has 1 aliphatic heterocycles. The summed E-state index contributed by atoms with van der Waals surface area (Å²) in [5.74, 6) is -1.20. The first-order valence-electron chi connectivity index (χ1n) is 9.84. The molecule has 1 aliphatic rings. The normalized spacial score (nSPS) is 12.7. The number of fused-ring (bicyclic) bond motifs is 1. The monoisotopic (exact) mass is 440 g/mol. The van der Waals surface area contributed by atoms with Crippen molar-refractivity contribution in [3.05, 3.63) is 101 Å². The van der Waals surface area contributed by atoms with E-state index in [9.17, 15) is 14.4 Å². The van der Waals surface area contributed by atoms with Crippen molar-refractivity contribution in [1.29, 1.82) is 0 Å². The lowest BCUT2D eigenvalue weighted by Gasteiger charge is -2.13. The van der Waals surface area contributed by atoms with Crippen molar-refractivity contribution in [2.45, 2.75) is 6.54 Å². The first-order chi connectivity index (χ1) is 15.6. The molecule has 3 amide bonds. The maximum absolute atomic E-state index is 12.9. The number of nitrogens with zero attached hydrogens (tertiary/aromatic N) is 3. The summed E-state index contributed by atoms with van der Waals surface area (Å²) in [6.07, 6.45) is 0. The summed E-state index contributed by atoms with van der Waals surface area (Å²) in [4.78, 5) is 39.5. The van der Waals surface area contributed by atoms with E-state index in [1.54, 1.807) is 0 Å². The fourth-order valence-corrected chi connectivity index (χ4v) is 4.23. The second-order valence-electron chi connectivity index (χ2n) is 7.17. The third-order valence-electron chi connectivity index (χ3n) is 5.08. The van der Waals surface area contributed by atoms with Crippen LogP contribution in [0.15, 0.2) is 78.9 Å². The summed E-state index contributed by atoms with van der Waals surface area (Å²) >= 11 is 1.25. The predicted octanol–water partition coefficient (Wildman–Crippen LogP) is 4.25. The summed E-state index contributed by atoms with van der Waals surface area (Å²) < 4.78 is 0. The minimum absolute atomic E-state index is 0.182. The van der Waals surface area contributed by atoms with E-state index in [1.165, 1.54) is 34.4 Å². The van der Waals surface area contributed by atoms with Gasteiger partial charge in [0.2, 0.25) is 5.13 Å². The molecule has 156 valence electrons. The molecule has 0 saturated heterocycles. The smallest absolute Gasteiger partial charge is 0.261 e. The van der Waals surface area contributed by atoms with Crippen molar-refractivity contribution in [3.8, 4) is 10.6 Å². The van der Waals surface area contributed by atoms with Gasteiger partial charge in [-0.25, -0.2) is 0 Å². The van der Waals surface area contributed by atoms with Gasteiger partial charge in [-0.15, -0.1) is 10.2 Å². The highest BCUT2D eigenvalue weighted by atomic mass is 32.1. The highest BCUT2D eigenvalue weighted by molar-refractivity contribution is 7.18. The number of amides is 3. The Hall–Kier alpha value is -4.17. The number of hydrogen-bond acceptors (Lipinski definition) is 6. The Bertz CT molecular complexity index is 1340. The fourth-order valence-electron chi connectivity index (χ4n) is 3.48. The molecular weight excluding hydrogens is 424 g/mol. The lowest BCUT2D eigenvalue weighted by atomic mass is 10.1. The third kappa shape index (κ3) is 3.67.